The number of ether oxygens (including phenoxy) is 1. The Balaban J connectivity index is 1.25. The van der Waals surface area contributed by atoms with Crippen molar-refractivity contribution >= 4 is 23.2 Å². The van der Waals surface area contributed by atoms with Crippen LogP contribution in [-0.2, 0) is 24.4 Å². The van der Waals surface area contributed by atoms with Gasteiger partial charge in [-0.3, -0.25) is 9.59 Å². The minimum atomic E-state index is -0.340. The van der Waals surface area contributed by atoms with Crippen LogP contribution in [0.1, 0.15) is 33.0 Å². The molecule has 0 saturated heterocycles. The number of thiophene rings is 1. The number of hydrogen-bond donors (Lipinski definition) is 1. The number of carbonyl (C=O) groups is 2. The molecule has 150 valence electrons. The fourth-order valence-corrected chi connectivity index (χ4v) is 4.20. The van der Waals surface area contributed by atoms with Crippen molar-refractivity contribution in [3.63, 3.8) is 0 Å². The molecule has 3 aromatic rings. The first-order valence-corrected chi connectivity index (χ1v) is 10.4. The molecule has 7 heteroatoms. The summed E-state index contributed by atoms with van der Waals surface area (Å²) in [6.45, 7) is 1.90. The van der Waals surface area contributed by atoms with Crippen LogP contribution in [0.25, 0.3) is 0 Å². The fourth-order valence-electron chi connectivity index (χ4n) is 3.31. The van der Waals surface area contributed by atoms with E-state index in [1.54, 1.807) is 17.4 Å². The van der Waals surface area contributed by atoms with Gasteiger partial charge in [-0.05, 0) is 41.6 Å². The number of amides is 2. The lowest BCUT2D eigenvalue weighted by Gasteiger charge is -2.27. The first-order chi connectivity index (χ1) is 14.2. The molecule has 0 fully saturated rings. The van der Waals surface area contributed by atoms with Crippen LogP contribution in [-0.4, -0.2) is 29.8 Å². The van der Waals surface area contributed by atoms with Gasteiger partial charge in [-0.15, -0.1) is 11.3 Å². The lowest BCUT2D eigenvalue weighted by atomic mass is 10.1. The van der Waals surface area contributed by atoms with Crippen molar-refractivity contribution in [2.24, 2.45) is 0 Å². The van der Waals surface area contributed by atoms with Crippen molar-refractivity contribution in [3.05, 3.63) is 75.9 Å². The van der Waals surface area contributed by atoms with Gasteiger partial charge < -0.3 is 19.4 Å². The smallest absolute Gasteiger partial charge is 0.287 e. The maximum absolute atomic E-state index is 12.5. The van der Waals surface area contributed by atoms with Gasteiger partial charge >= 0.3 is 0 Å². The van der Waals surface area contributed by atoms with Crippen LogP contribution in [0.4, 0.5) is 0 Å². The van der Waals surface area contributed by atoms with Gasteiger partial charge in [-0.1, -0.05) is 18.2 Å². The van der Waals surface area contributed by atoms with Crippen molar-refractivity contribution in [1.82, 2.24) is 10.2 Å². The predicted octanol–water partition coefficient (Wildman–Crippen LogP) is 3.62. The summed E-state index contributed by atoms with van der Waals surface area (Å²) in [6.07, 6.45) is 2.64. The number of para-hydroxylation sites is 1. The average Bonchev–Trinajstić information content (AvgIpc) is 3.41. The third-order valence-corrected chi connectivity index (χ3v) is 5.90. The first-order valence-electron chi connectivity index (χ1n) is 9.56. The lowest BCUT2D eigenvalue weighted by molar-refractivity contribution is -0.131. The molecule has 6 nitrogen and oxygen atoms in total. The Hall–Kier alpha value is -3.06. The summed E-state index contributed by atoms with van der Waals surface area (Å²) in [6, 6.07) is 13.2. The first kappa shape index (κ1) is 19.3. The molecule has 1 aromatic carbocycles. The van der Waals surface area contributed by atoms with Gasteiger partial charge in [0.15, 0.2) is 5.76 Å². The van der Waals surface area contributed by atoms with Crippen LogP contribution in [0, 0.1) is 0 Å². The lowest BCUT2D eigenvalue weighted by Crippen LogP contribution is -2.37. The molecule has 1 aliphatic heterocycles. The zero-order valence-corrected chi connectivity index (χ0v) is 16.7. The molecule has 0 spiro atoms. The Bertz CT molecular complexity index is 980. The SMILES string of the molecule is O=C(NCCC(=O)N1CCc2sccc2C1)c1occc1COc1ccccc1. The zero-order valence-electron chi connectivity index (χ0n) is 15.9. The number of benzene rings is 1. The molecular formula is C22H22N2O4S. The molecule has 3 heterocycles. The van der Waals surface area contributed by atoms with Gasteiger partial charge in [-0.25, -0.2) is 0 Å². The van der Waals surface area contributed by atoms with E-state index >= 15 is 0 Å². The molecule has 29 heavy (non-hydrogen) atoms. The largest absolute Gasteiger partial charge is 0.489 e. The Morgan fingerprint density at radius 3 is 2.90 bits per heavy atom. The maximum Gasteiger partial charge on any atom is 0.287 e. The summed E-state index contributed by atoms with van der Waals surface area (Å²) in [4.78, 5) is 28.1. The minimum absolute atomic E-state index is 0.0502. The van der Waals surface area contributed by atoms with Crippen molar-refractivity contribution in [1.29, 1.82) is 0 Å². The topological polar surface area (TPSA) is 71.8 Å². The van der Waals surface area contributed by atoms with Crippen LogP contribution in [0.5, 0.6) is 5.75 Å². The van der Waals surface area contributed by atoms with Crippen molar-refractivity contribution in [2.75, 3.05) is 13.1 Å². The van der Waals surface area contributed by atoms with Gasteiger partial charge in [0.2, 0.25) is 5.91 Å². The molecule has 1 aliphatic rings. The summed E-state index contributed by atoms with van der Waals surface area (Å²) >= 11 is 1.75. The highest BCUT2D eigenvalue weighted by Gasteiger charge is 2.22. The van der Waals surface area contributed by atoms with E-state index in [2.05, 4.69) is 16.8 Å². The zero-order chi connectivity index (χ0) is 20.1. The normalized spacial score (nSPS) is 13.0. The molecule has 0 aliphatic carbocycles. The van der Waals surface area contributed by atoms with E-state index in [0.717, 1.165) is 18.7 Å². The second kappa shape index (κ2) is 8.96. The summed E-state index contributed by atoms with van der Waals surface area (Å²) < 4.78 is 11.0. The number of carbonyl (C=O) groups excluding carboxylic acids is 2. The monoisotopic (exact) mass is 410 g/mol. The highest BCUT2D eigenvalue weighted by Crippen LogP contribution is 2.24. The predicted molar refractivity (Wildman–Crippen MR) is 110 cm³/mol. The Labute approximate surface area is 173 Å². The molecule has 0 bridgehead atoms. The van der Waals surface area contributed by atoms with E-state index in [1.807, 2.05) is 35.2 Å². The second-order valence-corrected chi connectivity index (χ2v) is 7.82. The Morgan fingerprint density at radius 1 is 1.17 bits per heavy atom. The molecule has 1 N–H and O–H groups in total. The Kier molecular flexibility index (Phi) is 5.95. The molecule has 4 rings (SSSR count). The average molecular weight is 410 g/mol. The maximum atomic E-state index is 12.5. The standard InChI is InChI=1S/C22H22N2O4S/c25-20(24-11-7-19-16(14-24)9-13-29-19)6-10-23-22(26)21-17(8-12-27-21)15-28-18-4-2-1-3-5-18/h1-5,8-9,12-13H,6-7,10-11,14-15H2,(H,23,26). The van der Waals surface area contributed by atoms with Crippen LogP contribution in [0.15, 0.2) is 58.5 Å². The summed E-state index contributed by atoms with van der Waals surface area (Å²) in [5, 5.41) is 4.84. The van der Waals surface area contributed by atoms with Gasteiger partial charge in [0, 0.05) is 36.5 Å². The number of fused-ring (bicyclic) bond motifs is 1. The molecular weight excluding hydrogens is 388 g/mol. The van der Waals surface area contributed by atoms with E-state index in [9.17, 15) is 9.59 Å². The van der Waals surface area contributed by atoms with E-state index in [1.165, 1.54) is 16.7 Å². The number of rotatable bonds is 7. The quantitative estimate of drug-likeness (QED) is 0.646. The highest BCUT2D eigenvalue weighted by atomic mass is 32.1. The van der Waals surface area contributed by atoms with Crippen LogP contribution in [0.2, 0.25) is 0 Å². The van der Waals surface area contributed by atoms with Crippen molar-refractivity contribution in [3.8, 4) is 5.75 Å². The number of nitrogens with zero attached hydrogens (tertiary/aromatic N) is 1. The third kappa shape index (κ3) is 4.68. The van der Waals surface area contributed by atoms with Crippen molar-refractivity contribution in [2.45, 2.75) is 26.0 Å². The van der Waals surface area contributed by atoms with E-state index < -0.39 is 0 Å². The second-order valence-electron chi connectivity index (χ2n) is 6.82. The molecule has 0 atom stereocenters. The summed E-state index contributed by atoms with van der Waals surface area (Å²) in [7, 11) is 0. The van der Waals surface area contributed by atoms with Gasteiger partial charge in [0.25, 0.3) is 5.91 Å². The highest BCUT2D eigenvalue weighted by molar-refractivity contribution is 7.10. The molecule has 0 unspecified atom stereocenters. The molecule has 2 aromatic heterocycles. The fraction of sp³-hybridized carbons (Fsp3) is 0.273. The van der Waals surface area contributed by atoms with Gasteiger partial charge in [0.1, 0.15) is 12.4 Å². The van der Waals surface area contributed by atoms with E-state index in [0.29, 0.717) is 12.1 Å². The Morgan fingerprint density at radius 2 is 2.03 bits per heavy atom. The van der Waals surface area contributed by atoms with Crippen LogP contribution in [0.3, 0.4) is 0 Å². The molecule has 0 saturated carbocycles. The van der Waals surface area contributed by atoms with Crippen molar-refractivity contribution < 1.29 is 18.7 Å². The van der Waals surface area contributed by atoms with Gasteiger partial charge in [-0.2, -0.15) is 0 Å². The number of furan rings is 1. The van der Waals surface area contributed by atoms with Crippen LogP contribution < -0.4 is 10.1 Å². The number of nitrogens with one attached hydrogen (secondary N) is 1. The summed E-state index contributed by atoms with van der Waals surface area (Å²) in [5.41, 5.74) is 1.90. The van der Waals surface area contributed by atoms with Gasteiger partial charge in [0.05, 0.1) is 6.26 Å². The number of hydrogen-bond acceptors (Lipinski definition) is 5. The van der Waals surface area contributed by atoms with E-state index in [-0.39, 0.29) is 37.1 Å². The van der Waals surface area contributed by atoms with E-state index in [4.69, 9.17) is 9.15 Å². The minimum Gasteiger partial charge on any atom is -0.489 e. The molecule has 0 radical (unpaired) electrons. The third-order valence-electron chi connectivity index (χ3n) is 4.88. The summed E-state index contributed by atoms with van der Waals surface area (Å²) in [5.74, 6) is 0.651. The van der Waals surface area contributed by atoms with Crippen LogP contribution >= 0.6 is 11.3 Å². The molecule has 2 amide bonds.